The maximum absolute atomic E-state index is 6.15. The highest BCUT2D eigenvalue weighted by Crippen LogP contribution is 2.36. The molecule has 5 heteroatoms. The molecule has 1 unspecified atom stereocenters. The van der Waals surface area contributed by atoms with Gasteiger partial charge in [-0.1, -0.05) is 18.5 Å². The molecule has 0 aliphatic heterocycles. The zero-order valence-electron chi connectivity index (χ0n) is 8.87. The zero-order valence-corrected chi connectivity index (χ0v) is 11.3. The van der Waals surface area contributed by atoms with Crippen LogP contribution in [0.25, 0.3) is 0 Å². The van der Waals surface area contributed by atoms with Gasteiger partial charge in [0.05, 0.1) is 11.1 Å². The standard InChI is InChI=1S/C11H13ClN2S2/c1-2-7-3-5-15-10(7)9(14-13)11-8(12)4-6-16-11/h3-6,9,14H,2,13H2,1H3. The van der Waals surface area contributed by atoms with E-state index in [4.69, 9.17) is 17.4 Å². The third-order valence-corrected chi connectivity index (χ3v) is 4.94. The van der Waals surface area contributed by atoms with Crippen LogP contribution in [0, 0.1) is 0 Å². The van der Waals surface area contributed by atoms with Crippen molar-refractivity contribution in [2.75, 3.05) is 0 Å². The van der Waals surface area contributed by atoms with Crippen molar-refractivity contribution < 1.29 is 0 Å². The molecule has 0 spiro atoms. The lowest BCUT2D eigenvalue weighted by Gasteiger charge is -2.15. The van der Waals surface area contributed by atoms with Crippen LogP contribution >= 0.6 is 34.3 Å². The van der Waals surface area contributed by atoms with Gasteiger partial charge in [-0.15, -0.1) is 22.7 Å². The Morgan fingerprint density at radius 2 is 2.00 bits per heavy atom. The normalized spacial score (nSPS) is 12.9. The van der Waals surface area contributed by atoms with Gasteiger partial charge in [0, 0.05) is 9.75 Å². The van der Waals surface area contributed by atoms with E-state index < -0.39 is 0 Å². The number of aryl methyl sites for hydroxylation is 1. The Bertz CT molecular complexity index is 464. The number of nitrogens with one attached hydrogen (secondary N) is 1. The molecule has 16 heavy (non-hydrogen) atoms. The van der Waals surface area contributed by atoms with Gasteiger partial charge < -0.3 is 0 Å². The number of hydrazine groups is 1. The molecule has 0 aliphatic carbocycles. The average molecular weight is 273 g/mol. The van der Waals surface area contributed by atoms with Gasteiger partial charge in [-0.3, -0.25) is 5.84 Å². The van der Waals surface area contributed by atoms with E-state index in [0.29, 0.717) is 0 Å². The molecule has 2 aromatic heterocycles. The van der Waals surface area contributed by atoms with Gasteiger partial charge >= 0.3 is 0 Å². The number of rotatable bonds is 4. The lowest BCUT2D eigenvalue weighted by molar-refractivity contribution is 0.651. The molecule has 2 heterocycles. The minimum atomic E-state index is 0.0162. The largest absolute Gasteiger partial charge is 0.271 e. The van der Waals surface area contributed by atoms with Crippen LogP contribution in [0.15, 0.2) is 22.9 Å². The first-order chi connectivity index (χ1) is 7.77. The quantitative estimate of drug-likeness (QED) is 0.660. The predicted octanol–water partition coefficient (Wildman–Crippen LogP) is 3.58. The number of nitrogens with two attached hydrogens (primary N) is 1. The summed E-state index contributed by atoms with van der Waals surface area (Å²) in [5.41, 5.74) is 4.19. The zero-order chi connectivity index (χ0) is 11.5. The monoisotopic (exact) mass is 272 g/mol. The maximum Gasteiger partial charge on any atom is 0.0912 e. The highest BCUT2D eigenvalue weighted by molar-refractivity contribution is 7.12. The van der Waals surface area contributed by atoms with Gasteiger partial charge in [0.25, 0.3) is 0 Å². The van der Waals surface area contributed by atoms with Crippen LogP contribution in [0.1, 0.15) is 28.3 Å². The third-order valence-electron chi connectivity index (χ3n) is 2.50. The summed E-state index contributed by atoms with van der Waals surface area (Å²) in [5, 5.41) is 4.87. The highest BCUT2D eigenvalue weighted by Gasteiger charge is 2.20. The van der Waals surface area contributed by atoms with Crippen molar-refractivity contribution in [1.29, 1.82) is 0 Å². The first kappa shape index (κ1) is 12.1. The Balaban J connectivity index is 2.40. The summed E-state index contributed by atoms with van der Waals surface area (Å²) in [4.78, 5) is 2.34. The summed E-state index contributed by atoms with van der Waals surface area (Å²) < 4.78 is 0. The molecule has 1 atom stereocenters. The van der Waals surface area contributed by atoms with E-state index in [1.807, 2.05) is 11.4 Å². The number of halogens is 1. The second-order valence-electron chi connectivity index (χ2n) is 3.40. The number of thiophene rings is 2. The van der Waals surface area contributed by atoms with Gasteiger partial charge in [0.15, 0.2) is 0 Å². The van der Waals surface area contributed by atoms with Crippen molar-refractivity contribution >= 4 is 34.3 Å². The molecule has 3 N–H and O–H groups in total. The molecule has 2 nitrogen and oxygen atoms in total. The topological polar surface area (TPSA) is 38.0 Å². The van der Waals surface area contributed by atoms with Gasteiger partial charge in [0.2, 0.25) is 0 Å². The summed E-state index contributed by atoms with van der Waals surface area (Å²) in [6.07, 6.45) is 1.01. The average Bonchev–Trinajstić information content (AvgIpc) is 2.90. The maximum atomic E-state index is 6.15. The lowest BCUT2D eigenvalue weighted by atomic mass is 10.1. The molecule has 0 amide bonds. The Morgan fingerprint density at radius 1 is 1.31 bits per heavy atom. The fourth-order valence-corrected chi connectivity index (χ4v) is 4.05. The fourth-order valence-electron chi connectivity index (χ4n) is 1.67. The van der Waals surface area contributed by atoms with Gasteiger partial charge in [-0.25, -0.2) is 5.43 Å². The van der Waals surface area contributed by atoms with E-state index >= 15 is 0 Å². The van der Waals surface area contributed by atoms with E-state index in [0.717, 1.165) is 16.3 Å². The Labute approximate surface area is 108 Å². The SMILES string of the molecule is CCc1ccsc1C(NN)c1sccc1Cl. The summed E-state index contributed by atoms with van der Waals surface area (Å²) in [7, 11) is 0. The minimum Gasteiger partial charge on any atom is -0.271 e. The summed E-state index contributed by atoms with van der Waals surface area (Å²) in [5.74, 6) is 5.65. The van der Waals surface area contributed by atoms with Crippen LogP contribution < -0.4 is 11.3 Å². The highest BCUT2D eigenvalue weighted by atomic mass is 35.5. The van der Waals surface area contributed by atoms with Crippen molar-refractivity contribution in [3.63, 3.8) is 0 Å². The fraction of sp³-hybridized carbons (Fsp3) is 0.273. The molecular formula is C11H13ClN2S2. The second kappa shape index (κ2) is 5.29. The van der Waals surface area contributed by atoms with Gasteiger partial charge in [0.1, 0.15) is 0 Å². The van der Waals surface area contributed by atoms with Crippen LogP contribution in [-0.2, 0) is 6.42 Å². The van der Waals surface area contributed by atoms with Crippen LogP contribution in [0.3, 0.4) is 0 Å². The molecule has 86 valence electrons. The Morgan fingerprint density at radius 3 is 2.56 bits per heavy atom. The Kier molecular flexibility index (Phi) is 4.00. The molecule has 2 rings (SSSR count). The Hall–Kier alpha value is -0.390. The van der Waals surface area contributed by atoms with Crippen molar-refractivity contribution in [2.45, 2.75) is 19.4 Å². The molecule has 0 radical (unpaired) electrons. The molecule has 0 fully saturated rings. The first-order valence-corrected chi connectivity index (χ1v) is 7.17. The van der Waals surface area contributed by atoms with Crippen LogP contribution in [0.4, 0.5) is 0 Å². The van der Waals surface area contributed by atoms with Gasteiger partial charge in [-0.05, 0) is 34.9 Å². The van der Waals surface area contributed by atoms with Crippen molar-refractivity contribution in [2.24, 2.45) is 5.84 Å². The second-order valence-corrected chi connectivity index (χ2v) is 5.70. The summed E-state index contributed by atoms with van der Waals surface area (Å²) in [6, 6.07) is 4.07. The summed E-state index contributed by atoms with van der Waals surface area (Å²) in [6.45, 7) is 2.15. The van der Waals surface area contributed by atoms with Crippen LogP contribution in [0.5, 0.6) is 0 Å². The van der Waals surface area contributed by atoms with E-state index in [1.165, 1.54) is 10.4 Å². The van der Waals surface area contributed by atoms with Gasteiger partial charge in [-0.2, -0.15) is 0 Å². The van der Waals surface area contributed by atoms with Crippen LogP contribution in [-0.4, -0.2) is 0 Å². The number of hydrogen-bond donors (Lipinski definition) is 2. The minimum absolute atomic E-state index is 0.0162. The smallest absolute Gasteiger partial charge is 0.0912 e. The molecule has 0 saturated carbocycles. The number of hydrogen-bond acceptors (Lipinski definition) is 4. The van der Waals surface area contributed by atoms with E-state index in [-0.39, 0.29) is 6.04 Å². The molecule has 0 aromatic carbocycles. The first-order valence-electron chi connectivity index (χ1n) is 5.03. The molecule has 0 aliphatic rings. The van der Waals surface area contributed by atoms with Crippen molar-refractivity contribution in [3.05, 3.63) is 43.2 Å². The molecule has 2 aromatic rings. The summed E-state index contributed by atoms with van der Waals surface area (Å²) >= 11 is 9.50. The third kappa shape index (κ3) is 2.17. The molecular weight excluding hydrogens is 260 g/mol. The van der Waals surface area contributed by atoms with E-state index in [9.17, 15) is 0 Å². The molecule has 0 bridgehead atoms. The van der Waals surface area contributed by atoms with E-state index in [2.05, 4.69) is 23.8 Å². The van der Waals surface area contributed by atoms with Crippen LogP contribution in [0.2, 0.25) is 5.02 Å². The van der Waals surface area contributed by atoms with Crippen molar-refractivity contribution in [3.8, 4) is 0 Å². The molecule has 0 saturated heterocycles. The predicted molar refractivity (Wildman–Crippen MR) is 72.2 cm³/mol. The van der Waals surface area contributed by atoms with E-state index in [1.54, 1.807) is 22.7 Å². The lowest BCUT2D eigenvalue weighted by Crippen LogP contribution is -2.28. The van der Waals surface area contributed by atoms with Crippen molar-refractivity contribution in [1.82, 2.24) is 5.43 Å².